The molecule has 4 nitrogen and oxygen atoms in total. The molecule has 3 aromatic rings. The fourth-order valence-corrected chi connectivity index (χ4v) is 3.46. The number of fused-ring (bicyclic) bond motifs is 1. The molecule has 0 fully saturated rings. The van der Waals surface area contributed by atoms with Crippen LogP contribution in [0.2, 0.25) is 0 Å². The van der Waals surface area contributed by atoms with Gasteiger partial charge in [0.05, 0.1) is 0 Å². The van der Waals surface area contributed by atoms with Crippen molar-refractivity contribution >= 4 is 44.5 Å². The average Bonchev–Trinajstić information content (AvgIpc) is 2.92. The first-order valence-corrected chi connectivity index (χ1v) is 9.22. The number of halogens is 1. The Balaban J connectivity index is 2.03. The topological polar surface area (TPSA) is 57.8 Å². The number of amides is 1. The average molecular weight is 420 g/mol. The zero-order valence-corrected chi connectivity index (χ0v) is 16.5. The second-order valence-electron chi connectivity index (χ2n) is 6.05. The van der Waals surface area contributed by atoms with Gasteiger partial charge in [0, 0.05) is 38.9 Å². The minimum atomic E-state index is -0.435. The molecule has 1 N–H and O–H groups in total. The predicted molar refractivity (Wildman–Crippen MR) is 113 cm³/mol. The van der Waals surface area contributed by atoms with Gasteiger partial charge in [0.1, 0.15) is 11.6 Å². The summed E-state index contributed by atoms with van der Waals surface area (Å²) in [6.07, 6.45) is 3.49. The van der Waals surface area contributed by atoms with Crippen LogP contribution in [0.4, 0.5) is 5.69 Å². The Morgan fingerprint density at radius 3 is 2.78 bits per heavy atom. The highest BCUT2D eigenvalue weighted by Gasteiger charge is 2.15. The summed E-state index contributed by atoms with van der Waals surface area (Å²) in [6.45, 7) is 6.46. The lowest BCUT2D eigenvalue weighted by Gasteiger charge is -2.05. The van der Waals surface area contributed by atoms with Gasteiger partial charge in [-0.25, -0.2) is 0 Å². The second kappa shape index (κ2) is 8.07. The molecule has 1 heterocycles. The molecule has 27 heavy (non-hydrogen) atoms. The van der Waals surface area contributed by atoms with Crippen molar-refractivity contribution in [3.63, 3.8) is 0 Å². The Morgan fingerprint density at radius 1 is 1.30 bits per heavy atom. The fraction of sp³-hybridized carbons (Fsp3) is 0.0909. The van der Waals surface area contributed by atoms with Gasteiger partial charge in [0.25, 0.3) is 5.91 Å². The van der Waals surface area contributed by atoms with Crippen molar-refractivity contribution in [2.24, 2.45) is 0 Å². The lowest BCUT2D eigenvalue weighted by atomic mass is 10.1. The molecule has 0 saturated carbocycles. The molecule has 5 heteroatoms. The first-order chi connectivity index (χ1) is 13.0. The number of allylic oxidation sites excluding steroid dienone is 1. The first kappa shape index (κ1) is 18.7. The van der Waals surface area contributed by atoms with Crippen LogP contribution in [0.3, 0.4) is 0 Å². The van der Waals surface area contributed by atoms with Crippen LogP contribution in [0, 0.1) is 18.3 Å². The van der Waals surface area contributed by atoms with E-state index in [1.54, 1.807) is 18.2 Å². The molecule has 1 amide bonds. The van der Waals surface area contributed by atoms with Crippen LogP contribution in [0.5, 0.6) is 0 Å². The van der Waals surface area contributed by atoms with Crippen molar-refractivity contribution in [3.8, 4) is 6.07 Å². The molecule has 0 saturated heterocycles. The van der Waals surface area contributed by atoms with Crippen molar-refractivity contribution < 1.29 is 4.79 Å². The van der Waals surface area contributed by atoms with E-state index in [2.05, 4.69) is 32.4 Å². The molecule has 134 valence electrons. The molecule has 0 unspecified atom stereocenters. The highest BCUT2D eigenvalue weighted by molar-refractivity contribution is 9.10. The summed E-state index contributed by atoms with van der Waals surface area (Å²) < 4.78 is 2.97. The summed E-state index contributed by atoms with van der Waals surface area (Å²) in [5.74, 6) is -0.435. The third-order valence-corrected chi connectivity index (χ3v) is 4.82. The van der Waals surface area contributed by atoms with E-state index in [0.29, 0.717) is 12.2 Å². The van der Waals surface area contributed by atoms with Crippen molar-refractivity contribution in [1.82, 2.24) is 4.57 Å². The number of benzene rings is 2. The molecule has 0 aliphatic carbocycles. The molecule has 0 atom stereocenters. The quantitative estimate of drug-likeness (QED) is 0.339. The van der Waals surface area contributed by atoms with Gasteiger partial charge >= 0.3 is 0 Å². The van der Waals surface area contributed by atoms with Crippen molar-refractivity contribution in [2.45, 2.75) is 13.5 Å². The Hall–Kier alpha value is -3.10. The van der Waals surface area contributed by atoms with Gasteiger partial charge in [0.15, 0.2) is 0 Å². The van der Waals surface area contributed by atoms with Crippen LogP contribution in [0.1, 0.15) is 11.3 Å². The third-order valence-electron chi connectivity index (χ3n) is 4.33. The van der Waals surface area contributed by atoms with Gasteiger partial charge in [-0.2, -0.15) is 5.26 Å². The van der Waals surface area contributed by atoms with E-state index in [4.69, 9.17) is 0 Å². The maximum atomic E-state index is 12.6. The fourth-order valence-electron chi connectivity index (χ4n) is 3.06. The molecule has 0 aliphatic heterocycles. The number of nitrogens with zero attached hydrogens (tertiary/aromatic N) is 2. The largest absolute Gasteiger partial charge is 0.340 e. The zero-order chi connectivity index (χ0) is 19.4. The number of carbonyl (C=O) groups excluding carboxylic acids is 1. The lowest BCUT2D eigenvalue weighted by Crippen LogP contribution is -2.13. The van der Waals surface area contributed by atoms with Crippen molar-refractivity contribution in [2.75, 3.05) is 5.32 Å². The van der Waals surface area contributed by atoms with Gasteiger partial charge < -0.3 is 9.88 Å². The number of rotatable bonds is 5. The Bertz CT molecular complexity index is 1100. The first-order valence-electron chi connectivity index (χ1n) is 8.42. The Morgan fingerprint density at radius 2 is 2.07 bits per heavy atom. The van der Waals surface area contributed by atoms with Crippen LogP contribution < -0.4 is 5.32 Å². The molecular formula is C22H18BrN3O. The molecule has 3 rings (SSSR count). The van der Waals surface area contributed by atoms with E-state index in [-0.39, 0.29) is 5.57 Å². The molecule has 0 bridgehead atoms. The lowest BCUT2D eigenvalue weighted by molar-refractivity contribution is -0.112. The highest BCUT2D eigenvalue weighted by Crippen LogP contribution is 2.28. The van der Waals surface area contributed by atoms with Gasteiger partial charge in [-0.1, -0.05) is 46.3 Å². The standard InChI is InChI=1S/C22H18BrN3O/c1-3-11-26-15(2)20(19-9-4-5-10-21(19)26)12-16(14-24)22(27)25-18-8-6-7-17(23)13-18/h3-10,12-13H,1,11H2,2H3,(H,25,27)/b16-12-. The van der Waals surface area contributed by atoms with Crippen LogP contribution in [0.25, 0.3) is 17.0 Å². The van der Waals surface area contributed by atoms with Crippen LogP contribution >= 0.6 is 15.9 Å². The van der Waals surface area contributed by atoms with Gasteiger partial charge in [-0.3, -0.25) is 4.79 Å². The van der Waals surface area contributed by atoms with E-state index in [0.717, 1.165) is 26.6 Å². The number of hydrogen-bond donors (Lipinski definition) is 1. The molecular weight excluding hydrogens is 402 g/mol. The summed E-state index contributed by atoms with van der Waals surface area (Å²) in [4.78, 5) is 12.6. The van der Waals surface area contributed by atoms with Crippen LogP contribution in [0.15, 0.2) is 71.2 Å². The summed E-state index contributed by atoms with van der Waals surface area (Å²) in [6, 6.07) is 17.2. The van der Waals surface area contributed by atoms with E-state index >= 15 is 0 Å². The van der Waals surface area contributed by atoms with Gasteiger partial charge in [-0.15, -0.1) is 6.58 Å². The summed E-state index contributed by atoms with van der Waals surface area (Å²) in [5.41, 5.74) is 3.58. The molecule has 0 spiro atoms. The number of anilines is 1. The SMILES string of the molecule is C=CCn1c(C)c(/C=C(/C#N)C(=O)Nc2cccc(Br)c2)c2ccccc21. The summed E-state index contributed by atoms with van der Waals surface area (Å²) in [5, 5.41) is 13.3. The Kier molecular flexibility index (Phi) is 5.58. The second-order valence-corrected chi connectivity index (χ2v) is 6.97. The monoisotopic (exact) mass is 419 g/mol. The van der Waals surface area contributed by atoms with E-state index in [1.807, 2.05) is 55.5 Å². The summed E-state index contributed by atoms with van der Waals surface area (Å²) in [7, 11) is 0. The smallest absolute Gasteiger partial charge is 0.266 e. The predicted octanol–water partition coefficient (Wildman–Crippen LogP) is 5.44. The molecule has 0 aliphatic rings. The highest BCUT2D eigenvalue weighted by atomic mass is 79.9. The van der Waals surface area contributed by atoms with Crippen LogP contribution in [-0.2, 0) is 11.3 Å². The minimum absolute atomic E-state index is 0.0552. The summed E-state index contributed by atoms with van der Waals surface area (Å²) >= 11 is 3.37. The van der Waals surface area contributed by atoms with Crippen LogP contribution in [-0.4, -0.2) is 10.5 Å². The maximum Gasteiger partial charge on any atom is 0.266 e. The number of carbonyl (C=O) groups is 1. The number of aromatic nitrogens is 1. The molecule has 0 radical (unpaired) electrons. The Labute approximate surface area is 166 Å². The number of hydrogen-bond acceptors (Lipinski definition) is 2. The minimum Gasteiger partial charge on any atom is -0.340 e. The van der Waals surface area contributed by atoms with Gasteiger partial charge in [-0.05, 0) is 37.3 Å². The normalized spacial score (nSPS) is 11.2. The van der Waals surface area contributed by atoms with Gasteiger partial charge in [0.2, 0.25) is 0 Å². The number of nitriles is 1. The van der Waals surface area contributed by atoms with E-state index in [1.165, 1.54) is 0 Å². The molecule has 2 aromatic carbocycles. The molecule has 1 aromatic heterocycles. The van der Waals surface area contributed by atoms with E-state index < -0.39 is 5.91 Å². The zero-order valence-electron chi connectivity index (χ0n) is 14.9. The number of para-hydroxylation sites is 1. The van der Waals surface area contributed by atoms with Crippen molar-refractivity contribution in [3.05, 3.63) is 82.5 Å². The maximum absolute atomic E-state index is 12.6. The third kappa shape index (κ3) is 3.86. The number of nitrogens with one attached hydrogen (secondary N) is 1. The van der Waals surface area contributed by atoms with E-state index in [9.17, 15) is 10.1 Å². The van der Waals surface area contributed by atoms with Crippen molar-refractivity contribution in [1.29, 1.82) is 5.26 Å².